The van der Waals surface area contributed by atoms with Crippen LogP contribution in [0.2, 0.25) is 0 Å². The second-order valence-electron chi connectivity index (χ2n) is 7.55. The number of nitrogens with two attached hydrogens (primary N) is 1. The third-order valence-electron chi connectivity index (χ3n) is 5.61. The summed E-state index contributed by atoms with van der Waals surface area (Å²) >= 11 is 0. The molecule has 9 heteroatoms. The van der Waals surface area contributed by atoms with Crippen molar-refractivity contribution in [1.29, 1.82) is 0 Å². The molecule has 0 fully saturated rings. The maximum atomic E-state index is 13.8. The van der Waals surface area contributed by atoms with Gasteiger partial charge in [-0.3, -0.25) is 0 Å². The molecule has 0 unspecified atom stereocenters. The number of benzene rings is 2. The van der Waals surface area contributed by atoms with E-state index in [1.165, 1.54) is 36.8 Å². The predicted molar refractivity (Wildman–Crippen MR) is 121 cm³/mol. The molecular formula is C23H21FN6O2. The number of carbonyl (C=O) groups is 1. The molecule has 0 saturated carbocycles. The lowest BCUT2D eigenvalue weighted by atomic mass is 10.2. The number of methoxy groups -OCH3 is 1. The van der Waals surface area contributed by atoms with Gasteiger partial charge in [0.1, 0.15) is 11.8 Å². The molecule has 1 aliphatic carbocycles. The van der Waals surface area contributed by atoms with E-state index in [0.29, 0.717) is 17.2 Å². The van der Waals surface area contributed by atoms with Crippen molar-refractivity contribution in [2.75, 3.05) is 23.5 Å². The van der Waals surface area contributed by atoms with Gasteiger partial charge >= 0.3 is 6.03 Å². The Bertz CT molecular complexity index is 1330. The molecule has 1 aliphatic rings. The zero-order chi connectivity index (χ0) is 22.2. The standard InChI is InChI=1S/C23H21FN6O2/c1-32-19-10-7-14(11-17(19)24)29-23(31)28-13-5-8-15(9-6-13)30-18-4-2-3-16(18)20-21(30)22(25)27-12-26-20/h5-12H,2-4H2,1H3,(H2,25,26,27)(H2,28,29,31). The molecule has 0 radical (unpaired) electrons. The molecule has 162 valence electrons. The topological polar surface area (TPSA) is 107 Å². The first-order valence-electron chi connectivity index (χ1n) is 10.2. The number of nitrogen functional groups attached to an aromatic ring is 1. The van der Waals surface area contributed by atoms with Crippen LogP contribution in [0.4, 0.5) is 26.4 Å². The third-order valence-corrected chi connectivity index (χ3v) is 5.61. The average Bonchev–Trinajstić information content (AvgIpc) is 3.36. The molecule has 5 rings (SSSR count). The van der Waals surface area contributed by atoms with Crippen LogP contribution in [-0.2, 0) is 12.8 Å². The second kappa shape index (κ2) is 7.84. The minimum atomic E-state index is -0.551. The number of halogens is 1. The summed E-state index contributed by atoms with van der Waals surface area (Å²) in [6.45, 7) is 0. The summed E-state index contributed by atoms with van der Waals surface area (Å²) in [5.41, 5.74) is 12.2. The molecule has 0 spiro atoms. The number of rotatable bonds is 4. The van der Waals surface area contributed by atoms with E-state index in [4.69, 9.17) is 10.5 Å². The summed E-state index contributed by atoms with van der Waals surface area (Å²) in [6, 6.07) is 11.2. The van der Waals surface area contributed by atoms with E-state index in [1.807, 2.05) is 12.1 Å². The van der Waals surface area contributed by atoms with Crippen molar-refractivity contribution in [2.24, 2.45) is 0 Å². The van der Waals surface area contributed by atoms with Gasteiger partial charge in [0.15, 0.2) is 17.4 Å². The minimum absolute atomic E-state index is 0.113. The van der Waals surface area contributed by atoms with Gasteiger partial charge in [-0.2, -0.15) is 0 Å². The smallest absolute Gasteiger partial charge is 0.323 e. The predicted octanol–water partition coefficient (Wildman–Crippen LogP) is 4.28. The number of nitrogens with zero attached hydrogens (tertiary/aromatic N) is 3. The fourth-order valence-electron chi connectivity index (χ4n) is 4.21. The lowest BCUT2D eigenvalue weighted by molar-refractivity contribution is 0.262. The first-order chi connectivity index (χ1) is 15.5. The SMILES string of the molecule is COc1ccc(NC(=O)Nc2ccc(-n3c4c(c5ncnc(N)c53)CCC4)cc2)cc1F. The number of ether oxygens (including phenoxy) is 1. The molecule has 4 aromatic rings. The summed E-state index contributed by atoms with van der Waals surface area (Å²) in [6.07, 6.45) is 4.50. The largest absolute Gasteiger partial charge is 0.494 e. The van der Waals surface area contributed by atoms with Gasteiger partial charge in [-0.1, -0.05) is 0 Å². The molecule has 0 atom stereocenters. The van der Waals surface area contributed by atoms with Gasteiger partial charge in [0.25, 0.3) is 0 Å². The van der Waals surface area contributed by atoms with Gasteiger partial charge in [-0.05, 0) is 61.2 Å². The summed E-state index contributed by atoms with van der Waals surface area (Å²) in [7, 11) is 1.38. The highest BCUT2D eigenvalue weighted by Crippen LogP contribution is 2.36. The van der Waals surface area contributed by atoms with Gasteiger partial charge in [-0.25, -0.2) is 19.2 Å². The van der Waals surface area contributed by atoms with Gasteiger partial charge in [0.05, 0.1) is 12.6 Å². The van der Waals surface area contributed by atoms with Crippen LogP contribution in [-0.4, -0.2) is 27.7 Å². The number of aryl methyl sites for hydroxylation is 1. The summed E-state index contributed by atoms with van der Waals surface area (Å²) in [5.74, 6) is 0.00342. The maximum absolute atomic E-state index is 13.8. The quantitative estimate of drug-likeness (QED) is 0.446. The zero-order valence-corrected chi connectivity index (χ0v) is 17.4. The van der Waals surface area contributed by atoms with Crippen LogP contribution in [0.1, 0.15) is 17.7 Å². The number of aromatic nitrogens is 3. The molecule has 0 aliphatic heterocycles. The Hall–Kier alpha value is -4.14. The highest BCUT2D eigenvalue weighted by molar-refractivity contribution is 6.00. The van der Waals surface area contributed by atoms with Crippen molar-refractivity contribution < 1.29 is 13.9 Å². The fraction of sp³-hybridized carbons (Fsp3) is 0.174. The number of amides is 2. The fourth-order valence-corrected chi connectivity index (χ4v) is 4.21. The Morgan fingerprint density at radius 3 is 2.59 bits per heavy atom. The Kier molecular flexibility index (Phi) is 4.85. The molecule has 0 saturated heterocycles. The number of fused-ring (bicyclic) bond motifs is 3. The van der Waals surface area contributed by atoms with Crippen molar-refractivity contribution in [2.45, 2.75) is 19.3 Å². The van der Waals surface area contributed by atoms with E-state index < -0.39 is 11.8 Å². The first kappa shape index (κ1) is 19.8. The summed E-state index contributed by atoms with van der Waals surface area (Å²) in [4.78, 5) is 20.9. The molecule has 2 heterocycles. The van der Waals surface area contributed by atoms with Crippen LogP contribution in [0.5, 0.6) is 5.75 Å². The molecule has 32 heavy (non-hydrogen) atoms. The monoisotopic (exact) mass is 432 g/mol. The molecule has 4 N–H and O–H groups in total. The van der Waals surface area contributed by atoms with Crippen LogP contribution in [0, 0.1) is 5.82 Å². The van der Waals surface area contributed by atoms with Crippen molar-refractivity contribution in [3.05, 3.63) is 65.9 Å². The highest BCUT2D eigenvalue weighted by atomic mass is 19.1. The zero-order valence-electron chi connectivity index (χ0n) is 17.4. The molecule has 0 bridgehead atoms. The summed E-state index contributed by atoms with van der Waals surface area (Å²) in [5, 5.41) is 5.36. The van der Waals surface area contributed by atoms with E-state index in [2.05, 4.69) is 25.2 Å². The number of hydrogen-bond donors (Lipinski definition) is 3. The highest BCUT2D eigenvalue weighted by Gasteiger charge is 2.25. The Morgan fingerprint density at radius 1 is 1.09 bits per heavy atom. The minimum Gasteiger partial charge on any atom is -0.494 e. The van der Waals surface area contributed by atoms with E-state index in [1.54, 1.807) is 18.2 Å². The van der Waals surface area contributed by atoms with E-state index in [9.17, 15) is 9.18 Å². The van der Waals surface area contributed by atoms with E-state index >= 15 is 0 Å². The Labute approximate surface area is 183 Å². The lowest BCUT2D eigenvalue weighted by Gasteiger charge is -2.12. The number of urea groups is 1. The van der Waals surface area contributed by atoms with Crippen LogP contribution in [0.25, 0.3) is 16.7 Å². The van der Waals surface area contributed by atoms with E-state index in [-0.39, 0.29) is 5.75 Å². The van der Waals surface area contributed by atoms with E-state index in [0.717, 1.165) is 36.0 Å². The number of anilines is 3. The van der Waals surface area contributed by atoms with Gasteiger partial charge < -0.3 is 25.7 Å². The van der Waals surface area contributed by atoms with Crippen LogP contribution in [0.3, 0.4) is 0 Å². The van der Waals surface area contributed by atoms with Crippen LogP contribution in [0.15, 0.2) is 48.8 Å². The molecular weight excluding hydrogens is 411 g/mol. The molecule has 2 aromatic carbocycles. The normalized spacial score (nSPS) is 12.6. The Balaban J connectivity index is 1.38. The van der Waals surface area contributed by atoms with Crippen LogP contribution < -0.4 is 21.1 Å². The van der Waals surface area contributed by atoms with Crippen molar-refractivity contribution >= 4 is 34.3 Å². The van der Waals surface area contributed by atoms with Crippen molar-refractivity contribution in [3.8, 4) is 11.4 Å². The van der Waals surface area contributed by atoms with Crippen LogP contribution >= 0.6 is 0 Å². The second-order valence-corrected chi connectivity index (χ2v) is 7.55. The number of carbonyl (C=O) groups excluding carboxylic acids is 1. The molecule has 8 nitrogen and oxygen atoms in total. The molecule has 2 amide bonds. The van der Waals surface area contributed by atoms with Gasteiger partial charge in [0.2, 0.25) is 0 Å². The van der Waals surface area contributed by atoms with Crippen molar-refractivity contribution in [1.82, 2.24) is 14.5 Å². The van der Waals surface area contributed by atoms with Gasteiger partial charge in [0, 0.05) is 28.8 Å². The van der Waals surface area contributed by atoms with Crippen molar-refractivity contribution in [3.63, 3.8) is 0 Å². The third kappa shape index (κ3) is 3.37. The number of nitrogens with one attached hydrogen (secondary N) is 2. The summed E-state index contributed by atoms with van der Waals surface area (Å²) < 4.78 is 20.8. The first-order valence-corrected chi connectivity index (χ1v) is 10.2. The average molecular weight is 432 g/mol. The van der Waals surface area contributed by atoms with Gasteiger partial charge in [-0.15, -0.1) is 0 Å². The molecule has 2 aromatic heterocycles. The Morgan fingerprint density at radius 2 is 1.84 bits per heavy atom. The number of hydrogen-bond acceptors (Lipinski definition) is 5. The lowest BCUT2D eigenvalue weighted by Crippen LogP contribution is -2.19. The maximum Gasteiger partial charge on any atom is 0.323 e.